The fourth-order valence-electron chi connectivity index (χ4n) is 2.15. The number of rotatable bonds is 6. The first-order valence-corrected chi connectivity index (χ1v) is 8.55. The summed E-state index contributed by atoms with van der Waals surface area (Å²) in [5, 5.41) is 14.0. The van der Waals surface area contributed by atoms with Crippen molar-refractivity contribution in [1.82, 2.24) is 10.6 Å². The van der Waals surface area contributed by atoms with Crippen LogP contribution in [0.1, 0.15) is 26.7 Å². The van der Waals surface area contributed by atoms with Crippen LogP contribution in [0, 0.1) is 11.8 Å². The molecule has 0 spiro atoms. The standard InChI is InChI=1S/C12H22N2O5S/c1-3-8(2)10(11(15)16)14-12(17)13-6-9-4-5-20(18,19)7-9/h8-10H,3-7H2,1-2H3,(H,15,16)(H2,13,14,17)/t8-,9?,10-/m0/s1. The van der Waals surface area contributed by atoms with E-state index in [4.69, 9.17) is 5.11 Å². The molecule has 1 fully saturated rings. The molecule has 0 saturated carbocycles. The predicted molar refractivity (Wildman–Crippen MR) is 74.2 cm³/mol. The van der Waals surface area contributed by atoms with Gasteiger partial charge in [0, 0.05) is 6.54 Å². The van der Waals surface area contributed by atoms with Gasteiger partial charge in [-0.15, -0.1) is 0 Å². The Morgan fingerprint density at radius 3 is 2.50 bits per heavy atom. The molecule has 0 aromatic carbocycles. The van der Waals surface area contributed by atoms with Crippen molar-refractivity contribution in [3.05, 3.63) is 0 Å². The maximum absolute atomic E-state index is 11.7. The minimum Gasteiger partial charge on any atom is -0.480 e. The molecule has 0 bridgehead atoms. The molecule has 1 aliphatic heterocycles. The number of nitrogens with one attached hydrogen (secondary N) is 2. The molecule has 116 valence electrons. The maximum Gasteiger partial charge on any atom is 0.326 e. The first kappa shape index (κ1) is 16.7. The lowest BCUT2D eigenvalue weighted by Crippen LogP contribution is -2.49. The van der Waals surface area contributed by atoms with Crippen LogP contribution >= 0.6 is 0 Å². The summed E-state index contributed by atoms with van der Waals surface area (Å²) in [6, 6.07) is -1.51. The summed E-state index contributed by atoms with van der Waals surface area (Å²) in [7, 11) is -2.96. The van der Waals surface area contributed by atoms with Crippen molar-refractivity contribution in [3.8, 4) is 0 Å². The van der Waals surface area contributed by atoms with E-state index in [1.54, 1.807) is 6.92 Å². The second-order valence-corrected chi connectivity index (χ2v) is 7.55. The summed E-state index contributed by atoms with van der Waals surface area (Å²) < 4.78 is 22.5. The van der Waals surface area contributed by atoms with E-state index in [9.17, 15) is 18.0 Å². The lowest BCUT2D eigenvalue weighted by atomic mass is 9.99. The third-order valence-corrected chi connectivity index (χ3v) is 5.48. The number of aliphatic carboxylic acids is 1. The molecule has 7 nitrogen and oxygen atoms in total. The first-order valence-electron chi connectivity index (χ1n) is 6.72. The Kier molecular flexibility index (Phi) is 5.79. The topological polar surface area (TPSA) is 113 Å². The number of hydrogen-bond acceptors (Lipinski definition) is 4. The Balaban J connectivity index is 2.41. The molecule has 2 amide bonds. The average Bonchev–Trinajstić information content (AvgIpc) is 2.72. The fraction of sp³-hybridized carbons (Fsp3) is 0.833. The largest absolute Gasteiger partial charge is 0.480 e. The monoisotopic (exact) mass is 306 g/mol. The molecular weight excluding hydrogens is 284 g/mol. The van der Waals surface area contributed by atoms with Crippen molar-refractivity contribution in [2.75, 3.05) is 18.1 Å². The lowest BCUT2D eigenvalue weighted by molar-refractivity contribution is -0.140. The van der Waals surface area contributed by atoms with Gasteiger partial charge in [0.1, 0.15) is 6.04 Å². The predicted octanol–water partition coefficient (Wildman–Crippen LogP) is 0.220. The van der Waals surface area contributed by atoms with Crippen LogP contribution in [0.15, 0.2) is 0 Å². The smallest absolute Gasteiger partial charge is 0.326 e. The van der Waals surface area contributed by atoms with E-state index in [0.717, 1.165) is 0 Å². The second kappa shape index (κ2) is 6.92. The number of hydrogen-bond donors (Lipinski definition) is 3. The summed E-state index contributed by atoms with van der Waals surface area (Å²) >= 11 is 0. The minimum atomic E-state index is -2.96. The van der Waals surface area contributed by atoms with Gasteiger partial charge < -0.3 is 15.7 Å². The summed E-state index contributed by atoms with van der Waals surface area (Å²) in [6.07, 6.45) is 1.18. The van der Waals surface area contributed by atoms with Crippen LogP contribution in [0.3, 0.4) is 0 Å². The van der Waals surface area contributed by atoms with E-state index >= 15 is 0 Å². The highest BCUT2D eigenvalue weighted by molar-refractivity contribution is 7.91. The number of carbonyl (C=O) groups excluding carboxylic acids is 1. The Morgan fingerprint density at radius 1 is 1.40 bits per heavy atom. The number of carbonyl (C=O) groups is 2. The molecular formula is C12H22N2O5S. The van der Waals surface area contributed by atoms with Gasteiger partial charge in [-0.2, -0.15) is 0 Å². The van der Waals surface area contributed by atoms with Gasteiger partial charge in [0.25, 0.3) is 0 Å². The number of carboxylic acid groups (broad SMARTS) is 1. The molecule has 1 heterocycles. The zero-order valence-corrected chi connectivity index (χ0v) is 12.6. The van der Waals surface area contributed by atoms with Gasteiger partial charge in [0.05, 0.1) is 11.5 Å². The number of carboxylic acids is 1. The molecule has 0 radical (unpaired) electrons. The van der Waals surface area contributed by atoms with Crippen LogP contribution in [0.5, 0.6) is 0 Å². The van der Waals surface area contributed by atoms with Crippen LogP contribution in [0.2, 0.25) is 0 Å². The average molecular weight is 306 g/mol. The molecule has 1 aliphatic rings. The molecule has 0 aliphatic carbocycles. The molecule has 1 saturated heterocycles. The third kappa shape index (κ3) is 4.99. The van der Waals surface area contributed by atoms with Crippen LogP contribution in [0.4, 0.5) is 4.79 Å². The molecule has 1 unspecified atom stereocenters. The quantitative estimate of drug-likeness (QED) is 0.650. The van der Waals surface area contributed by atoms with Gasteiger partial charge in [-0.3, -0.25) is 0 Å². The van der Waals surface area contributed by atoms with E-state index in [-0.39, 0.29) is 29.9 Å². The van der Waals surface area contributed by atoms with Crippen molar-refractivity contribution in [2.45, 2.75) is 32.7 Å². The molecule has 8 heteroatoms. The van der Waals surface area contributed by atoms with Gasteiger partial charge in [-0.05, 0) is 18.3 Å². The summed E-state index contributed by atoms with van der Waals surface area (Å²) in [5.41, 5.74) is 0. The Hall–Kier alpha value is -1.31. The van der Waals surface area contributed by atoms with Gasteiger partial charge in [0.2, 0.25) is 0 Å². The van der Waals surface area contributed by atoms with Gasteiger partial charge >= 0.3 is 12.0 Å². The molecule has 3 N–H and O–H groups in total. The van der Waals surface area contributed by atoms with Gasteiger partial charge in [0.15, 0.2) is 9.84 Å². The molecule has 1 rings (SSSR count). The van der Waals surface area contributed by atoms with Crippen LogP contribution in [-0.2, 0) is 14.6 Å². The molecule has 3 atom stereocenters. The van der Waals surface area contributed by atoms with Crippen molar-refractivity contribution < 1.29 is 23.1 Å². The number of sulfone groups is 1. The van der Waals surface area contributed by atoms with E-state index in [1.807, 2.05) is 6.92 Å². The highest BCUT2D eigenvalue weighted by atomic mass is 32.2. The van der Waals surface area contributed by atoms with E-state index in [2.05, 4.69) is 10.6 Å². The van der Waals surface area contributed by atoms with E-state index in [0.29, 0.717) is 12.8 Å². The minimum absolute atomic E-state index is 0.0843. The van der Waals surface area contributed by atoms with Crippen molar-refractivity contribution >= 4 is 21.8 Å². The maximum atomic E-state index is 11.7. The summed E-state index contributed by atoms with van der Waals surface area (Å²) in [5.74, 6) is -1.09. The number of amides is 2. The van der Waals surface area contributed by atoms with Crippen molar-refractivity contribution in [2.24, 2.45) is 11.8 Å². The fourth-order valence-corrected chi connectivity index (χ4v) is 4.01. The van der Waals surface area contributed by atoms with Gasteiger partial charge in [-0.1, -0.05) is 20.3 Å². The van der Waals surface area contributed by atoms with Gasteiger partial charge in [-0.25, -0.2) is 18.0 Å². The van der Waals surface area contributed by atoms with Crippen LogP contribution < -0.4 is 10.6 Å². The van der Waals surface area contributed by atoms with E-state index in [1.165, 1.54) is 0 Å². The second-order valence-electron chi connectivity index (χ2n) is 5.32. The Labute approximate surface area is 119 Å². The zero-order chi connectivity index (χ0) is 15.3. The summed E-state index contributed by atoms with van der Waals surface area (Å²) in [6.45, 7) is 3.85. The van der Waals surface area contributed by atoms with E-state index < -0.39 is 27.9 Å². The van der Waals surface area contributed by atoms with Crippen molar-refractivity contribution in [1.29, 1.82) is 0 Å². The highest BCUT2D eigenvalue weighted by Gasteiger charge is 2.29. The summed E-state index contributed by atoms with van der Waals surface area (Å²) in [4.78, 5) is 22.7. The molecule has 0 aromatic rings. The molecule has 20 heavy (non-hydrogen) atoms. The normalized spacial score (nSPS) is 23.8. The SMILES string of the molecule is CC[C@H](C)[C@H](NC(=O)NCC1CCS(=O)(=O)C1)C(=O)O. The Bertz CT molecular complexity index is 462. The lowest BCUT2D eigenvalue weighted by Gasteiger charge is -2.20. The number of urea groups is 1. The first-order chi connectivity index (χ1) is 9.25. The van der Waals surface area contributed by atoms with Crippen LogP contribution in [0.25, 0.3) is 0 Å². The Morgan fingerprint density at radius 2 is 2.05 bits per heavy atom. The highest BCUT2D eigenvalue weighted by Crippen LogP contribution is 2.17. The van der Waals surface area contributed by atoms with Crippen molar-refractivity contribution in [3.63, 3.8) is 0 Å². The zero-order valence-electron chi connectivity index (χ0n) is 11.8. The van der Waals surface area contributed by atoms with Crippen LogP contribution in [-0.4, -0.2) is 49.6 Å². The molecule has 0 aromatic heterocycles. The third-order valence-electron chi connectivity index (χ3n) is 3.64.